The molecule has 7 nitrogen and oxygen atoms in total. The molecule has 0 radical (unpaired) electrons. The number of carbonyl (C=O) groups is 1. The monoisotopic (exact) mass is 498 g/mol. The number of amides is 1. The predicted molar refractivity (Wildman–Crippen MR) is 136 cm³/mol. The highest BCUT2D eigenvalue weighted by atomic mass is 32.2. The van der Waals surface area contributed by atoms with E-state index in [0.29, 0.717) is 6.54 Å². The summed E-state index contributed by atoms with van der Waals surface area (Å²) in [6, 6.07) is 20.9. The number of hydrogen-bond donors (Lipinski definition) is 2. The van der Waals surface area contributed by atoms with Gasteiger partial charge in [0.25, 0.3) is 10.0 Å². The van der Waals surface area contributed by atoms with E-state index in [1.54, 1.807) is 18.4 Å². The molecular formula is C25H30N4O3S2. The van der Waals surface area contributed by atoms with Crippen LogP contribution in [0.25, 0.3) is 0 Å². The molecule has 0 bridgehead atoms. The first kappa shape index (κ1) is 24.4. The zero-order valence-corrected chi connectivity index (χ0v) is 20.8. The Hall–Kier alpha value is -2.72. The highest BCUT2D eigenvalue weighted by Gasteiger charge is 2.23. The van der Waals surface area contributed by atoms with Crippen molar-refractivity contribution < 1.29 is 13.2 Å². The lowest BCUT2D eigenvalue weighted by atomic mass is 10.1. The van der Waals surface area contributed by atoms with Gasteiger partial charge in [-0.3, -0.25) is 9.69 Å². The molecule has 1 unspecified atom stereocenters. The lowest BCUT2D eigenvalue weighted by Gasteiger charge is -2.36. The van der Waals surface area contributed by atoms with E-state index in [2.05, 4.69) is 50.2 Å². The van der Waals surface area contributed by atoms with Gasteiger partial charge in [0, 0.05) is 45.0 Å². The van der Waals surface area contributed by atoms with E-state index in [1.165, 1.54) is 17.3 Å². The molecule has 2 N–H and O–H groups in total. The van der Waals surface area contributed by atoms with E-state index in [0.717, 1.165) is 49.6 Å². The van der Waals surface area contributed by atoms with Gasteiger partial charge in [-0.15, -0.1) is 11.3 Å². The van der Waals surface area contributed by atoms with Crippen LogP contribution in [0.4, 0.5) is 5.69 Å². The van der Waals surface area contributed by atoms with Crippen molar-refractivity contribution in [2.75, 3.05) is 31.1 Å². The van der Waals surface area contributed by atoms with Crippen LogP contribution in [0.3, 0.4) is 0 Å². The molecule has 0 aliphatic carbocycles. The zero-order chi connectivity index (χ0) is 24.0. The van der Waals surface area contributed by atoms with E-state index in [-0.39, 0.29) is 10.1 Å². The fourth-order valence-electron chi connectivity index (χ4n) is 4.02. The quantitative estimate of drug-likeness (QED) is 0.474. The van der Waals surface area contributed by atoms with Crippen molar-refractivity contribution in [3.8, 4) is 0 Å². The molecule has 3 aromatic rings. The maximum absolute atomic E-state index is 12.6. The Kier molecular flexibility index (Phi) is 7.99. The molecule has 34 heavy (non-hydrogen) atoms. The number of thiophene rings is 1. The van der Waals surface area contributed by atoms with Crippen molar-refractivity contribution >= 4 is 33.0 Å². The lowest BCUT2D eigenvalue weighted by molar-refractivity contribution is -0.122. The number of sulfonamides is 1. The van der Waals surface area contributed by atoms with Gasteiger partial charge in [0.05, 0.1) is 6.04 Å². The van der Waals surface area contributed by atoms with Crippen molar-refractivity contribution in [3.63, 3.8) is 0 Å². The number of nitrogens with one attached hydrogen (secondary N) is 2. The van der Waals surface area contributed by atoms with Crippen LogP contribution in [0.15, 0.2) is 76.3 Å². The fourth-order valence-corrected chi connectivity index (χ4v) is 6.24. The Morgan fingerprint density at radius 1 is 0.941 bits per heavy atom. The van der Waals surface area contributed by atoms with Gasteiger partial charge in [0.2, 0.25) is 5.91 Å². The topological polar surface area (TPSA) is 81.7 Å². The van der Waals surface area contributed by atoms with Crippen molar-refractivity contribution in [1.82, 2.24) is 14.9 Å². The van der Waals surface area contributed by atoms with Crippen LogP contribution in [0.5, 0.6) is 0 Å². The van der Waals surface area contributed by atoms with Gasteiger partial charge in [-0.1, -0.05) is 48.5 Å². The second-order valence-corrected chi connectivity index (χ2v) is 11.2. The maximum Gasteiger partial charge on any atom is 0.250 e. The molecule has 1 aromatic heterocycles. The lowest BCUT2D eigenvalue weighted by Crippen LogP contribution is -2.46. The molecule has 4 rings (SSSR count). The first-order valence-corrected chi connectivity index (χ1v) is 13.7. The molecule has 1 atom stereocenters. The number of piperazine rings is 1. The van der Waals surface area contributed by atoms with Crippen molar-refractivity contribution in [2.24, 2.45) is 0 Å². The average molecular weight is 499 g/mol. The summed E-state index contributed by atoms with van der Waals surface area (Å²) in [6.07, 6.45) is 0. The minimum absolute atomic E-state index is 0.199. The summed E-state index contributed by atoms with van der Waals surface area (Å²) in [7, 11) is -3.70. The van der Waals surface area contributed by atoms with Gasteiger partial charge < -0.3 is 10.2 Å². The molecule has 2 aromatic carbocycles. The van der Waals surface area contributed by atoms with Crippen molar-refractivity contribution in [3.05, 3.63) is 83.2 Å². The Morgan fingerprint density at radius 3 is 2.29 bits per heavy atom. The molecule has 0 saturated carbocycles. The van der Waals surface area contributed by atoms with Crippen LogP contribution in [0, 0.1) is 0 Å². The Balaban J connectivity index is 1.30. The molecule has 1 saturated heterocycles. The normalized spacial score (nSPS) is 15.7. The van der Waals surface area contributed by atoms with Crippen LogP contribution in [0.1, 0.15) is 18.1 Å². The second-order valence-electron chi connectivity index (χ2n) is 8.36. The van der Waals surface area contributed by atoms with E-state index < -0.39 is 16.1 Å². The minimum Gasteiger partial charge on any atom is -0.369 e. The third-order valence-corrected chi connectivity index (χ3v) is 8.88. The third-order valence-electron chi connectivity index (χ3n) is 5.94. The first-order valence-electron chi connectivity index (χ1n) is 11.3. The number of rotatable bonds is 9. The van der Waals surface area contributed by atoms with Crippen LogP contribution in [-0.2, 0) is 27.9 Å². The Bertz CT molecular complexity index is 1180. The summed E-state index contributed by atoms with van der Waals surface area (Å²) >= 11 is 1.12. The minimum atomic E-state index is -3.70. The van der Waals surface area contributed by atoms with Crippen LogP contribution >= 0.6 is 11.3 Å². The van der Waals surface area contributed by atoms with E-state index in [1.807, 2.05) is 24.3 Å². The van der Waals surface area contributed by atoms with E-state index in [9.17, 15) is 13.2 Å². The summed E-state index contributed by atoms with van der Waals surface area (Å²) in [5.74, 6) is -0.355. The first-order chi connectivity index (χ1) is 16.4. The molecule has 1 amide bonds. The summed E-state index contributed by atoms with van der Waals surface area (Å²) in [5, 5.41) is 4.58. The summed E-state index contributed by atoms with van der Waals surface area (Å²) in [6.45, 7) is 6.61. The van der Waals surface area contributed by atoms with Gasteiger partial charge in [-0.2, -0.15) is 4.72 Å². The van der Waals surface area contributed by atoms with Crippen LogP contribution in [0.2, 0.25) is 0 Å². The van der Waals surface area contributed by atoms with Crippen LogP contribution < -0.4 is 14.9 Å². The molecule has 1 fully saturated rings. The zero-order valence-electron chi connectivity index (χ0n) is 19.2. The number of para-hydroxylation sites is 1. The summed E-state index contributed by atoms with van der Waals surface area (Å²) in [4.78, 5) is 17.4. The Labute approximate surface area is 205 Å². The number of carbonyl (C=O) groups excluding carboxylic acids is 1. The third kappa shape index (κ3) is 6.24. The van der Waals surface area contributed by atoms with E-state index >= 15 is 0 Å². The Morgan fingerprint density at radius 2 is 1.62 bits per heavy atom. The smallest absolute Gasteiger partial charge is 0.250 e. The van der Waals surface area contributed by atoms with Gasteiger partial charge in [-0.05, 0) is 41.6 Å². The highest BCUT2D eigenvalue weighted by molar-refractivity contribution is 7.91. The maximum atomic E-state index is 12.6. The van der Waals surface area contributed by atoms with Gasteiger partial charge >= 0.3 is 0 Å². The number of anilines is 1. The second kappa shape index (κ2) is 11.1. The van der Waals surface area contributed by atoms with Crippen molar-refractivity contribution in [1.29, 1.82) is 0 Å². The largest absolute Gasteiger partial charge is 0.369 e. The molecule has 1 aliphatic rings. The number of hydrogen-bond acceptors (Lipinski definition) is 6. The van der Waals surface area contributed by atoms with Crippen LogP contribution in [-0.4, -0.2) is 51.4 Å². The van der Waals surface area contributed by atoms with Gasteiger partial charge in [-0.25, -0.2) is 8.42 Å². The molecule has 9 heteroatoms. The molecule has 2 heterocycles. The molecule has 0 spiro atoms. The number of benzene rings is 2. The van der Waals surface area contributed by atoms with E-state index in [4.69, 9.17) is 0 Å². The molecule has 180 valence electrons. The van der Waals surface area contributed by atoms with Gasteiger partial charge in [0.1, 0.15) is 4.21 Å². The summed E-state index contributed by atoms with van der Waals surface area (Å²) < 4.78 is 27.4. The molecule has 1 aliphatic heterocycles. The fraction of sp³-hybridized carbons (Fsp3) is 0.320. The summed E-state index contributed by atoms with van der Waals surface area (Å²) in [5.41, 5.74) is 3.46. The average Bonchev–Trinajstić information content (AvgIpc) is 3.40. The SMILES string of the molecule is CC(NS(=O)(=O)c1cccs1)C(=O)NCc1ccccc1CN1CCN(c2ccccc2)CC1. The number of nitrogens with zero attached hydrogens (tertiary/aromatic N) is 2. The molecular weight excluding hydrogens is 468 g/mol. The highest BCUT2D eigenvalue weighted by Crippen LogP contribution is 2.19. The predicted octanol–water partition coefficient (Wildman–Crippen LogP) is 3.05. The standard InChI is InChI=1S/C25H30N4O3S2/c1-20(27-34(31,32)24-12-7-17-33-24)25(30)26-18-21-8-5-6-9-22(21)19-28-13-15-29(16-14-28)23-10-3-2-4-11-23/h2-12,17,20,27H,13-16,18-19H2,1H3,(H,26,30). The van der Waals surface area contributed by atoms with Crippen molar-refractivity contribution in [2.45, 2.75) is 30.3 Å². The van der Waals surface area contributed by atoms with Gasteiger partial charge in [0.15, 0.2) is 0 Å².